The van der Waals surface area contributed by atoms with Gasteiger partial charge < -0.3 is 21.5 Å². The fourth-order valence-corrected chi connectivity index (χ4v) is 10.5. The summed E-state index contributed by atoms with van der Waals surface area (Å²) in [5, 5.41) is 19.2. The van der Waals surface area contributed by atoms with Crippen molar-refractivity contribution in [1.29, 1.82) is 0 Å². The zero-order valence-electron chi connectivity index (χ0n) is 25.9. The van der Waals surface area contributed by atoms with Gasteiger partial charge >= 0.3 is 0 Å². The molecule has 5 N–H and O–H groups in total. The predicted octanol–water partition coefficient (Wildman–Crippen LogP) is 6.76. The largest absolute Gasteiger partial charge is 0.393 e. The molecule has 4 heteroatoms. The second-order valence-electron chi connectivity index (χ2n) is 15.4. The van der Waals surface area contributed by atoms with Crippen LogP contribution in [-0.4, -0.2) is 43.4 Å². The Kier molecular flexibility index (Phi) is 11.1. The van der Waals surface area contributed by atoms with Crippen LogP contribution in [0.5, 0.6) is 0 Å². The Morgan fingerprint density at radius 2 is 1.55 bits per heavy atom. The Bertz CT molecular complexity index is 714. The van der Waals surface area contributed by atoms with Crippen LogP contribution in [-0.2, 0) is 0 Å². The van der Waals surface area contributed by atoms with E-state index in [2.05, 4.69) is 45.3 Å². The Morgan fingerprint density at radius 3 is 2.32 bits per heavy atom. The number of fused-ring (bicyclic) bond motifs is 5. The maximum atomic E-state index is 11.7. The smallest absolute Gasteiger partial charge is 0.0577 e. The molecule has 0 radical (unpaired) electrons. The van der Waals surface area contributed by atoms with Crippen LogP contribution < -0.4 is 16.4 Å². The molecule has 0 aliphatic heterocycles. The zero-order valence-corrected chi connectivity index (χ0v) is 25.9. The van der Waals surface area contributed by atoms with Gasteiger partial charge in [0.1, 0.15) is 0 Å². The van der Waals surface area contributed by atoms with Crippen molar-refractivity contribution in [2.75, 3.05) is 26.2 Å². The minimum Gasteiger partial charge on any atom is -0.393 e. The highest BCUT2D eigenvalue weighted by molar-refractivity contribution is 5.12. The van der Waals surface area contributed by atoms with Gasteiger partial charge in [0.2, 0.25) is 0 Å². The highest BCUT2D eigenvalue weighted by atomic mass is 16.3. The summed E-state index contributed by atoms with van der Waals surface area (Å²) >= 11 is 0. The van der Waals surface area contributed by atoms with Crippen LogP contribution in [0.1, 0.15) is 125 Å². The highest BCUT2D eigenvalue weighted by Gasteiger charge is 2.62. The van der Waals surface area contributed by atoms with E-state index in [1.807, 2.05) is 0 Å². The van der Waals surface area contributed by atoms with E-state index in [0.29, 0.717) is 28.7 Å². The van der Waals surface area contributed by atoms with Crippen molar-refractivity contribution in [3.05, 3.63) is 0 Å². The molecule has 3 unspecified atom stereocenters. The maximum Gasteiger partial charge on any atom is 0.0577 e. The number of rotatable bonds is 14. The molecule has 0 spiro atoms. The Labute approximate surface area is 236 Å². The molecular formula is C34H65N3O. The van der Waals surface area contributed by atoms with Crippen molar-refractivity contribution < 1.29 is 5.11 Å². The first kappa shape index (κ1) is 30.8. The van der Waals surface area contributed by atoms with E-state index >= 15 is 0 Å². The summed E-state index contributed by atoms with van der Waals surface area (Å²) < 4.78 is 0. The third-order valence-electron chi connectivity index (χ3n) is 12.7. The monoisotopic (exact) mass is 532 g/mol. The van der Waals surface area contributed by atoms with Gasteiger partial charge in [0.25, 0.3) is 0 Å². The lowest BCUT2D eigenvalue weighted by molar-refractivity contribution is -0.167. The molecule has 0 heterocycles. The minimum absolute atomic E-state index is 0.0748. The lowest BCUT2D eigenvalue weighted by Crippen LogP contribution is -2.59. The van der Waals surface area contributed by atoms with Crippen LogP contribution in [0.2, 0.25) is 0 Å². The molecule has 0 saturated heterocycles. The van der Waals surface area contributed by atoms with Gasteiger partial charge in [0, 0.05) is 6.04 Å². The molecule has 0 aromatic heterocycles. The van der Waals surface area contributed by atoms with Crippen LogP contribution in [0.4, 0.5) is 0 Å². The number of hydrogen-bond acceptors (Lipinski definition) is 4. The number of unbranched alkanes of at least 4 members (excludes halogenated alkanes) is 1. The highest BCUT2D eigenvalue weighted by Crippen LogP contribution is 2.68. The number of aliphatic hydroxyl groups is 1. The third-order valence-corrected chi connectivity index (χ3v) is 12.7. The molecule has 0 amide bonds. The van der Waals surface area contributed by atoms with Crippen LogP contribution in [0.15, 0.2) is 0 Å². The molecule has 10 atom stereocenters. The molecule has 0 aromatic rings. The van der Waals surface area contributed by atoms with Crippen LogP contribution in [0.25, 0.3) is 0 Å². The summed E-state index contributed by atoms with van der Waals surface area (Å²) in [5.74, 6) is 5.27. The van der Waals surface area contributed by atoms with Gasteiger partial charge in [-0.15, -0.1) is 0 Å². The second kappa shape index (κ2) is 13.7. The number of nitrogens with two attached hydrogens (primary N) is 1. The van der Waals surface area contributed by atoms with E-state index in [9.17, 15) is 5.11 Å². The molecule has 0 bridgehead atoms. The fraction of sp³-hybridized carbons (Fsp3) is 1.00. The van der Waals surface area contributed by atoms with Gasteiger partial charge in [-0.1, -0.05) is 53.9 Å². The molecule has 4 saturated carbocycles. The summed E-state index contributed by atoms with van der Waals surface area (Å²) in [5.41, 5.74) is 6.48. The molecule has 4 nitrogen and oxygen atoms in total. The van der Waals surface area contributed by atoms with Gasteiger partial charge in [-0.25, -0.2) is 0 Å². The maximum absolute atomic E-state index is 11.7. The lowest BCUT2D eigenvalue weighted by Gasteiger charge is -2.62. The van der Waals surface area contributed by atoms with Crippen LogP contribution in [0.3, 0.4) is 0 Å². The van der Waals surface area contributed by atoms with Crippen LogP contribution in [0, 0.1) is 52.3 Å². The quantitative estimate of drug-likeness (QED) is 0.187. The Hall–Kier alpha value is -0.160. The third kappa shape index (κ3) is 6.66. The molecule has 4 aliphatic carbocycles. The topological polar surface area (TPSA) is 70.3 Å². The van der Waals surface area contributed by atoms with Crippen molar-refractivity contribution in [2.45, 2.75) is 137 Å². The van der Waals surface area contributed by atoms with E-state index in [1.54, 1.807) is 0 Å². The molecule has 0 aromatic carbocycles. The Balaban J connectivity index is 1.30. The summed E-state index contributed by atoms with van der Waals surface area (Å²) in [6.45, 7) is 16.7. The van der Waals surface area contributed by atoms with E-state index in [1.165, 1.54) is 77.0 Å². The number of nitrogens with one attached hydrogen (secondary N) is 2. The van der Waals surface area contributed by atoms with Gasteiger partial charge in [-0.3, -0.25) is 0 Å². The molecule has 4 aliphatic rings. The molecule has 38 heavy (non-hydrogen) atoms. The minimum atomic E-state index is -0.0748. The standard InChI is InChI=1S/C34H65N3O/c1-24(2)10-8-11-25(3)28-12-13-29-32-30(15-17-34(28,29)5)33(4)16-14-27(22-26(33)23-31(32)38)37-21-9-20-36-19-7-6-18-35/h24-32,36-38H,6-23,35H2,1-5H3/t25-,26+,27-,28-,29?,30?,31-,32?,33+,34-/m1/s1. The van der Waals surface area contributed by atoms with E-state index in [0.717, 1.165) is 68.6 Å². The average molecular weight is 532 g/mol. The summed E-state index contributed by atoms with van der Waals surface area (Å²) in [7, 11) is 0. The molecule has 4 rings (SSSR count). The van der Waals surface area contributed by atoms with E-state index in [4.69, 9.17) is 5.73 Å². The molecule has 222 valence electrons. The van der Waals surface area contributed by atoms with Gasteiger partial charge in [-0.2, -0.15) is 0 Å². The van der Waals surface area contributed by atoms with E-state index < -0.39 is 0 Å². The van der Waals surface area contributed by atoms with Crippen molar-refractivity contribution in [1.82, 2.24) is 10.6 Å². The van der Waals surface area contributed by atoms with Gasteiger partial charge in [0.15, 0.2) is 0 Å². The van der Waals surface area contributed by atoms with Crippen molar-refractivity contribution in [2.24, 2.45) is 58.0 Å². The van der Waals surface area contributed by atoms with Crippen molar-refractivity contribution in [3.8, 4) is 0 Å². The van der Waals surface area contributed by atoms with E-state index in [-0.39, 0.29) is 6.10 Å². The normalized spacial score (nSPS) is 41.5. The van der Waals surface area contributed by atoms with Crippen molar-refractivity contribution >= 4 is 0 Å². The number of aliphatic hydroxyl groups excluding tert-OH is 1. The summed E-state index contributed by atoms with van der Waals surface area (Å²) in [6, 6.07) is 0.644. The summed E-state index contributed by atoms with van der Waals surface area (Å²) in [6.07, 6.45) is 18.2. The molecular weight excluding hydrogens is 466 g/mol. The van der Waals surface area contributed by atoms with Gasteiger partial charge in [-0.05, 0) is 149 Å². The average Bonchev–Trinajstić information content (AvgIpc) is 3.23. The first-order valence-electron chi connectivity index (χ1n) is 17.0. The van der Waals surface area contributed by atoms with Crippen LogP contribution >= 0.6 is 0 Å². The van der Waals surface area contributed by atoms with Gasteiger partial charge in [0.05, 0.1) is 6.10 Å². The first-order chi connectivity index (χ1) is 18.2. The Morgan fingerprint density at radius 1 is 0.816 bits per heavy atom. The zero-order chi connectivity index (χ0) is 27.3. The first-order valence-corrected chi connectivity index (χ1v) is 17.0. The summed E-state index contributed by atoms with van der Waals surface area (Å²) in [4.78, 5) is 0. The van der Waals surface area contributed by atoms with Crippen molar-refractivity contribution in [3.63, 3.8) is 0 Å². The fourth-order valence-electron chi connectivity index (χ4n) is 10.5. The molecule has 4 fully saturated rings. The predicted molar refractivity (Wildman–Crippen MR) is 162 cm³/mol. The second-order valence-corrected chi connectivity index (χ2v) is 15.4. The lowest BCUT2D eigenvalue weighted by atomic mass is 9.43. The number of hydrogen-bond donors (Lipinski definition) is 4. The SMILES string of the molecule is CC(C)CCC[C@@H](C)[C@H]1CCC2C3C(CC[C@@]21C)[C@@]1(C)CC[C@@H](NCCCNCCCCN)C[C@H]1C[C@H]3O.